The molecule has 0 aliphatic heterocycles. The van der Waals surface area contributed by atoms with E-state index in [0.717, 1.165) is 85.7 Å². The number of carboxylic acids is 3. The fourth-order valence-corrected chi connectivity index (χ4v) is 9.09. The van der Waals surface area contributed by atoms with E-state index in [1.54, 1.807) is 0 Å². The number of methoxy groups -OCH3 is 4. The molecule has 0 aromatic carbocycles. The second kappa shape index (κ2) is 41.6. The minimum Gasteiger partial charge on any atom is -0.480 e. The van der Waals surface area contributed by atoms with Gasteiger partial charge >= 0.3 is 41.8 Å². The van der Waals surface area contributed by atoms with Crippen LogP contribution in [0.25, 0.3) is 0 Å². The zero-order chi connectivity index (χ0) is 64.2. The van der Waals surface area contributed by atoms with E-state index in [1.807, 2.05) is 0 Å². The molecule has 0 bridgehead atoms. The number of rotatable bonds is 44. The molecule has 7 unspecified atom stereocenters. The number of unbranched alkanes of at least 4 members (excludes halogenated alkanes) is 10. The molecule has 7 atom stereocenters. The molecule has 478 valence electrons. The van der Waals surface area contributed by atoms with Crippen molar-refractivity contribution in [2.45, 2.75) is 210 Å². The Bertz CT molecular complexity index is 2210. The van der Waals surface area contributed by atoms with Gasteiger partial charge in [-0.25, -0.2) is 28.8 Å². The molecular formula is C56H93N7O21. The molecule has 0 aromatic rings. The average molecular weight is 1200 g/mol. The molecule has 84 heavy (non-hydrogen) atoms. The Morgan fingerprint density at radius 2 is 0.619 bits per heavy atom. The van der Waals surface area contributed by atoms with Crippen molar-refractivity contribution in [3.8, 4) is 0 Å². The van der Waals surface area contributed by atoms with Crippen LogP contribution in [0.15, 0.2) is 0 Å². The zero-order valence-corrected chi connectivity index (χ0v) is 50.9. The summed E-state index contributed by atoms with van der Waals surface area (Å²) in [5, 5.41) is 33.7. The van der Waals surface area contributed by atoms with Gasteiger partial charge in [0.15, 0.2) is 0 Å². The zero-order valence-electron chi connectivity index (χ0n) is 50.9. The number of carbonyl (C=O) groups excluding carboxylic acids is 11. The summed E-state index contributed by atoms with van der Waals surface area (Å²) in [6.45, 7) is 3.41. The second-order valence-corrected chi connectivity index (χ2v) is 20.6. The predicted octanol–water partition coefficient (Wildman–Crippen LogP) is 2.44. The minimum atomic E-state index is -1.63. The van der Waals surface area contributed by atoms with Crippen LogP contribution in [-0.2, 0) is 86.1 Å². The lowest BCUT2D eigenvalue weighted by atomic mass is 10.0. The second-order valence-electron chi connectivity index (χ2n) is 20.6. The fraction of sp³-hybridized carbons (Fsp3) is 0.750. The van der Waals surface area contributed by atoms with Crippen molar-refractivity contribution in [2.24, 2.45) is 0 Å². The van der Waals surface area contributed by atoms with Gasteiger partial charge in [-0.3, -0.25) is 38.4 Å². The molecule has 0 heterocycles. The molecule has 0 saturated carbocycles. The highest BCUT2D eigenvalue weighted by Gasteiger charge is 2.36. The van der Waals surface area contributed by atoms with E-state index in [2.05, 4.69) is 17.6 Å². The van der Waals surface area contributed by atoms with Crippen molar-refractivity contribution >= 4 is 83.1 Å². The molecule has 28 heteroatoms. The van der Waals surface area contributed by atoms with Crippen LogP contribution in [0.3, 0.4) is 0 Å². The molecule has 0 spiro atoms. The van der Waals surface area contributed by atoms with E-state index in [-0.39, 0.29) is 57.3 Å². The Kier molecular flexibility index (Phi) is 37.9. The molecule has 0 fully saturated rings. The molecule has 5 N–H and O–H groups in total. The Morgan fingerprint density at radius 3 is 0.952 bits per heavy atom. The van der Waals surface area contributed by atoms with Gasteiger partial charge in [-0.05, 0) is 51.9 Å². The molecule has 28 nitrogen and oxygen atoms in total. The third-order valence-electron chi connectivity index (χ3n) is 14.7. The largest absolute Gasteiger partial charge is 0.480 e. The molecule has 0 rings (SSSR count). The van der Waals surface area contributed by atoms with E-state index in [1.165, 1.54) is 73.6 Å². The summed E-state index contributed by atoms with van der Waals surface area (Å²) >= 11 is 0. The maximum absolute atomic E-state index is 13.6. The number of amides is 7. The van der Waals surface area contributed by atoms with Crippen LogP contribution in [0.5, 0.6) is 0 Å². The monoisotopic (exact) mass is 1200 g/mol. The van der Waals surface area contributed by atoms with Crippen molar-refractivity contribution in [2.75, 3.05) is 63.7 Å². The number of ether oxygens (including phenoxy) is 4. The lowest BCUT2D eigenvalue weighted by molar-refractivity contribution is -0.155. The number of likely N-dealkylation sites (N-methyl/N-ethyl adjacent to an activating group) is 5. The van der Waals surface area contributed by atoms with Gasteiger partial charge in [0.2, 0.25) is 41.4 Å². The number of esters is 4. The maximum atomic E-state index is 13.6. The van der Waals surface area contributed by atoms with Crippen molar-refractivity contribution in [1.82, 2.24) is 35.1 Å². The Morgan fingerprint density at radius 1 is 0.345 bits per heavy atom. The van der Waals surface area contributed by atoms with Crippen molar-refractivity contribution < 1.29 is 101 Å². The Balaban J connectivity index is 5.67. The van der Waals surface area contributed by atoms with Crippen molar-refractivity contribution in [3.05, 3.63) is 0 Å². The number of hydrogen-bond acceptors (Lipinski definition) is 18. The molecule has 7 amide bonds. The van der Waals surface area contributed by atoms with Gasteiger partial charge in [0, 0.05) is 80.2 Å². The molecule has 0 aliphatic rings. The number of nitrogens with one attached hydrogen (secondary N) is 2. The van der Waals surface area contributed by atoms with E-state index < -0.39 is 152 Å². The predicted molar refractivity (Wildman–Crippen MR) is 300 cm³/mol. The Hall–Kier alpha value is -7.42. The van der Waals surface area contributed by atoms with Crippen LogP contribution in [0.4, 0.5) is 0 Å². The number of carbonyl (C=O) groups is 14. The first-order valence-corrected chi connectivity index (χ1v) is 28.4. The third-order valence-corrected chi connectivity index (χ3v) is 14.7. The smallest absolute Gasteiger partial charge is 0.328 e. The van der Waals surface area contributed by atoms with Gasteiger partial charge < -0.3 is 69.4 Å². The van der Waals surface area contributed by atoms with Gasteiger partial charge in [0.05, 0.1) is 28.4 Å². The summed E-state index contributed by atoms with van der Waals surface area (Å²) in [6, 6.07) is -9.70. The lowest BCUT2D eigenvalue weighted by Crippen LogP contribution is -2.47. The number of aliphatic carboxylic acids is 3. The first kappa shape index (κ1) is 76.6. The van der Waals surface area contributed by atoms with Crippen molar-refractivity contribution in [3.63, 3.8) is 0 Å². The maximum Gasteiger partial charge on any atom is 0.328 e. The van der Waals surface area contributed by atoms with Gasteiger partial charge in [-0.1, -0.05) is 71.1 Å². The average Bonchev–Trinajstić information content (AvgIpc) is 3.56. The topological polar surface area (TPSA) is 377 Å². The summed E-state index contributed by atoms with van der Waals surface area (Å²) in [5.41, 5.74) is 0. The van der Waals surface area contributed by atoms with Crippen LogP contribution in [0.2, 0.25) is 0 Å². The standard InChI is InChI=1S/C56H93N7O21/c1-12-13-14-15-16-17-18-19-20-21-22-23-45(66)59(3)39(52(75)76)27-33-48(69)62(6)42(56(80)84-11)29-35-49(70)63(7)41(55(79)83-10)28-34-47(68)60(4)38(51(73)74)25-30-44(65)58-37(53(77)81-8)24-32-46(67)61(5)40(54(78)82-9)26-31-43(64)57-36(2)50(71)72/h36-42H,12-35H2,1-11H3,(H,57,64)(H,58,65)(H,71,72)(H,73,74)(H,75,76). The summed E-state index contributed by atoms with van der Waals surface area (Å²) < 4.78 is 19.3. The highest BCUT2D eigenvalue weighted by molar-refractivity contribution is 5.91. The highest BCUT2D eigenvalue weighted by atomic mass is 16.5. The molecule has 0 radical (unpaired) electrons. The van der Waals surface area contributed by atoms with Gasteiger partial charge in [0.25, 0.3) is 0 Å². The van der Waals surface area contributed by atoms with Crippen LogP contribution in [-0.4, -0.2) is 229 Å². The summed E-state index contributed by atoms with van der Waals surface area (Å²) in [6.07, 6.45) is 7.23. The Labute approximate surface area is 492 Å². The van der Waals surface area contributed by atoms with Gasteiger partial charge in [-0.2, -0.15) is 0 Å². The van der Waals surface area contributed by atoms with E-state index in [0.29, 0.717) is 6.42 Å². The van der Waals surface area contributed by atoms with Crippen LogP contribution >= 0.6 is 0 Å². The summed E-state index contributed by atoms with van der Waals surface area (Å²) in [5.74, 6) is -12.8. The van der Waals surface area contributed by atoms with Crippen LogP contribution < -0.4 is 10.6 Å². The number of hydrogen-bond donors (Lipinski definition) is 5. The first-order valence-electron chi connectivity index (χ1n) is 28.4. The van der Waals surface area contributed by atoms with Gasteiger partial charge in [-0.15, -0.1) is 0 Å². The van der Waals surface area contributed by atoms with E-state index in [9.17, 15) is 77.3 Å². The van der Waals surface area contributed by atoms with Crippen LogP contribution in [0, 0.1) is 0 Å². The van der Waals surface area contributed by atoms with E-state index >= 15 is 0 Å². The van der Waals surface area contributed by atoms with Gasteiger partial charge in [0.1, 0.15) is 42.3 Å². The summed E-state index contributed by atoms with van der Waals surface area (Å²) in [7, 11) is 10.4. The van der Waals surface area contributed by atoms with Crippen LogP contribution in [0.1, 0.15) is 168 Å². The molecule has 0 saturated heterocycles. The lowest BCUT2D eigenvalue weighted by Gasteiger charge is -2.30. The number of nitrogens with zero attached hydrogens (tertiary/aromatic N) is 5. The normalized spacial score (nSPS) is 13.4. The van der Waals surface area contributed by atoms with E-state index in [4.69, 9.17) is 24.1 Å². The minimum absolute atomic E-state index is 0.146. The van der Waals surface area contributed by atoms with Crippen molar-refractivity contribution in [1.29, 1.82) is 0 Å². The molecule has 0 aliphatic carbocycles. The first-order chi connectivity index (χ1) is 39.6. The summed E-state index contributed by atoms with van der Waals surface area (Å²) in [4.78, 5) is 184. The quantitative estimate of drug-likeness (QED) is 0.0332. The molecule has 0 aromatic heterocycles. The number of carboxylic acid groups (broad SMARTS) is 3. The SMILES string of the molecule is CCCCCCCCCCCCCC(=O)N(C)C(CCC(=O)N(C)C(CCC(=O)N(C)C(CCC(=O)N(C)C(CCC(=O)NC(CCC(=O)N(C)C(CCC(=O)NC(C)C(=O)O)C(=O)OC)C(=O)OC)C(=O)O)C(=O)OC)C(=O)OC)C(=O)O. The highest BCUT2D eigenvalue weighted by Crippen LogP contribution is 2.20. The molecular weight excluding hydrogens is 1110 g/mol. The fourth-order valence-electron chi connectivity index (χ4n) is 9.09. The third kappa shape index (κ3) is 28.2.